The number of benzene rings is 1. The SMILES string of the molecule is CCNC(=NCc1ccccc1F)NCCC(=O)Nc1cccc(C)n1.I. The zero-order valence-corrected chi connectivity index (χ0v) is 17.8. The van der Waals surface area contributed by atoms with Crippen molar-refractivity contribution in [1.82, 2.24) is 15.6 Å². The second-order valence-electron chi connectivity index (χ2n) is 5.68. The fourth-order valence-corrected chi connectivity index (χ4v) is 2.25. The summed E-state index contributed by atoms with van der Waals surface area (Å²) in [5.41, 5.74) is 1.36. The lowest BCUT2D eigenvalue weighted by molar-refractivity contribution is -0.116. The molecule has 1 heterocycles. The van der Waals surface area contributed by atoms with Crippen LogP contribution in [0.5, 0.6) is 0 Å². The Morgan fingerprint density at radius 2 is 1.93 bits per heavy atom. The highest BCUT2D eigenvalue weighted by Crippen LogP contribution is 2.07. The highest BCUT2D eigenvalue weighted by molar-refractivity contribution is 14.0. The predicted octanol–water partition coefficient (Wildman–Crippen LogP) is 3.23. The Labute approximate surface area is 176 Å². The van der Waals surface area contributed by atoms with Gasteiger partial charge in [-0.3, -0.25) is 4.79 Å². The number of hydrogen-bond donors (Lipinski definition) is 3. The monoisotopic (exact) mass is 485 g/mol. The van der Waals surface area contributed by atoms with Gasteiger partial charge in [0, 0.05) is 30.8 Å². The molecule has 0 unspecified atom stereocenters. The summed E-state index contributed by atoms with van der Waals surface area (Å²) in [5, 5.41) is 8.90. The number of aliphatic imine (C=N–C) groups is 1. The summed E-state index contributed by atoms with van der Waals surface area (Å²) in [6, 6.07) is 12.0. The van der Waals surface area contributed by atoms with Crippen LogP contribution in [0.2, 0.25) is 0 Å². The van der Waals surface area contributed by atoms with Crippen molar-refractivity contribution in [3.05, 3.63) is 59.5 Å². The van der Waals surface area contributed by atoms with Gasteiger partial charge in [0.25, 0.3) is 0 Å². The Hall–Kier alpha value is -2.23. The summed E-state index contributed by atoms with van der Waals surface area (Å²) in [6.07, 6.45) is 0.264. The average Bonchev–Trinajstić information content (AvgIpc) is 2.61. The standard InChI is InChI=1S/C19H24FN5O.HI/c1-3-21-19(23-13-15-8-4-5-9-16(15)20)22-12-11-18(26)25-17-10-6-7-14(2)24-17;/h4-10H,3,11-13H2,1-2H3,(H2,21,22,23)(H,24,25,26);1H. The molecule has 0 fully saturated rings. The molecule has 1 amide bonds. The van der Waals surface area contributed by atoms with Crippen molar-refractivity contribution in [2.24, 2.45) is 4.99 Å². The molecule has 8 heteroatoms. The highest BCUT2D eigenvalue weighted by atomic mass is 127. The fourth-order valence-electron chi connectivity index (χ4n) is 2.25. The molecule has 0 aliphatic carbocycles. The van der Waals surface area contributed by atoms with E-state index in [1.807, 2.05) is 26.0 Å². The molecule has 0 bridgehead atoms. The second kappa shape index (κ2) is 12.2. The van der Waals surface area contributed by atoms with Gasteiger partial charge in [0.2, 0.25) is 5.91 Å². The molecule has 3 N–H and O–H groups in total. The van der Waals surface area contributed by atoms with Gasteiger partial charge in [-0.1, -0.05) is 24.3 Å². The van der Waals surface area contributed by atoms with Crippen molar-refractivity contribution >= 4 is 41.7 Å². The topological polar surface area (TPSA) is 78.4 Å². The van der Waals surface area contributed by atoms with Crippen LogP contribution < -0.4 is 16.0 Å². The van der Waals surface area contributed by atoms with Gasteiger partial charge >= 0.3 is 0 Å². The lowest BCUT2D eigenvalue weighted by Crippen LogP contribution is -2.38. The van der Waals surface area contributed by atoms with E-state index in [1.54, 1.807) is 24.3 Å². The van der Waals surface area contributed by atoms with Crippen LogP contribution in [-0.4, -0.2) is 29.9 Å². The normalized spacial score (nSPS) is 10.7. The maximum Gasteiger partial charge on any atom is 0.227 e. The molecule has 2 rings (SSSR count). The van der Waals surface area contributed by atoms with Gasteiger partial charge < -0.3 is 16.0 Å². The van der Waals surface area contributed by atoms with Crippen molar-refractivity contribution in [2.75, 3.05) is 18.4 Å². The summed E-state index contributed by atoms with van der Waals surface area (Å²) in [7, 11) is 0. The number of carbonyl (C=O) groups is 1. The van der Waals surface area contributed by atoms with Crippen LogP contribution in [0.4, 0.5) is 10.2 Å². The van der Waals surface area contributed by atoms with Crippen LogP contribution in [0.3, 0.4) is 0 Å². The number of hydrogen-bond acceptors (Lipinski definition) is 3. The van der Waals surface area contributed by atoms with E-state index in [1.165, 1.54) is 6.07 Å². The smallest absolute Gasteiger partial charge is 0.227 e. The number of rotatable bonds is 7. The van der Waals surface area contributed by atoms with Crippen molar-refractivity contribution in [2.45, 2.75) is 26.8 Å². The summed E-state index contributed by atoms with van der Waals surface area (Å²) in [5.74, 6) is 0.657. The molecule has 2 aromatic rings. The van der Waals surface area contributed by atoms with Gasteiger partial charge in [-0.25, -0.2) is 14.4 Å². The number of halogens is 2. The van der Waals surface area contributed by atoms with E-state index in [9.17, 15) is 9.18 Å². The van der Waals surface area contributed by atoms with Gasteiger partial charge in [0.15, 0.2) is 5.96 Å². The number of pyridine rings is 1. The molecule has 0 saturated heterocycles. The van der Waals surface area contributed by atoms with Crippen LogP contribution in [0.25, 0.3) is 0 Å². The van der Waals surface area contributed by atoms with E-state index < -0.39 is 0 Å². The van der Waals surface area contributed by atoms with Gasteiger partial charge in [-0.2, -0.15) is 0 Å². The summed E-state index contributed by atoms with van der Waals surface area (Å²) in [6.45, 7) is 5.10. The average molecular weight is 485 g/mol. The molecule has 0 aliphatic rings. The molecular formula is C19H25FIN5O. The van der Waals surface area contributed by atoms with E-state index in [0.29, 0.717) is 30.4 Å². The molecular weight excluding hydrogens is 460 g/mol. The van der Waals surface area contributed by atoms with E-state index in [-0.39, 0.29) is 48.7 Å². The fraction of sp³-hybridized carbons (Fsp3) is 0.316. The van der Waals surface area contributed by atoms with Crippen molar-refractivity contribution in [1.29, 1.82) is 0 Å². The third-order valence-corrected chi connectivity index (χ3v) is 3.51. The Morgan fingerprint density at radius 3 is 2.63 bits per heavy atom. The Morgan fingerprint density at radius 1 is 1.15 bits per heavy atom. The van der Waals surface area contributed by atoms with Crippen molar-refractivity contribution in [3.8, 4) is 0 Å². The molecule has 0 radical (unpaired) electrons. The van der Waals surface area contributed by atoms with Crippen LogP contribution in [0, 0.1) is 12.7 Å². The van der Waals surface area contributed by atoms with Crippen LogP contribution in [0.1, 0.15) is 24.6 Å². The molecule has 146 valence electrons. The minimum Gasteiger partial charge on any atom is -0.357 e. The number of nitrogens with zero attached hydrogens (tertiary/aromatic N) is 2. The zero-order valence-electron chi connectivity index (χ0n) is 15.5. The molecule has 27 heavy (non-hydrogen) atoms. The first-order valence-electron chi connectivity index (χ1n) is 8.57. The highest BCUT2D eigenvalue weighted by Gasteiger charge is 2.05. The minimum atomic E-state index is -0.280. The minimum absolute atomic E-state index is 0. The molecule has 1 aromatic carbocycles. The largest absolute Gasteiger partial charge is 0.357 e. The number of nitrogens with one attached hydrogen (secondary N) is 3. The molecule has 0 saturated carbocycles. The Bertz CT molecular complexity index is 769. The number of anilines is 1. The summed E-state index contributed by atoms with van der Waals surface area (Å²) < 4.78 is 13.7. The first-order chi connectivity index (χ1) is 12.6. The van der Waals surface area contributed by atoms with Crippen molar-refractivity contribution < 1.29 is 9.18 Å². The van der Waals surface area contributed by atoms with Crippen LogP contribution >= 0.6 is 24.0 Å². The maximum absolute atomic E-state index is 13.7. The van der Waals surface area contributed by atoms with Gasteiger partial charge in [-0.05, 0) is 32.0 Å². The third kappa shape index (κ3) is 8.33. The first kappa shape index (κ1) is 22.8. The number of aromatic nitrogens is 1. The molecule has 6 nitrogen and oxygen atoms in total. The summed E-state index contributed by atoms with van der Waals surface area (Å²) >= 11 is 0. The first-order valence-corrected chi connectivity index (χ1v) is 8.57. The number of guanidine groups is 1. The molecule has 0 aliphatic heterocycles. The zero-order chi connectivity index (χ0) is 18.8. The molecule has 0 spiro atoms. The molecule has 1 aromatic heterocycles. The van der Waals surface area contributed by atoms with E-state index >= 15 is 0 Å². The number of carbonyl (C=O) groups excluding carboxylic acids is 1. The Balaban J connectivity index is 0.00000364. The van der Waals surface area contributed by atoms with Gasteiger partial charge in [0.05, 0.1) is 6.54 Å². The maximum atomic E-state index is 13.7. The van der Waals surface area contributed by atoms with E-state index in [4.69, 9.17) is 0 Å². The van der Waals surface area contributed by atoms with Crippen LogP contribution in [-0.2, 0) is 11.3 Å². The van der Waals surface area contributed by atoms with E-state index in [0.717, 1.165) is 5.69 Å². The van der Waals surface area contributed by atoms with Gasteiger partial charge in [0.1, 0.15) is 11.6 Å². The molecule has 0 atom stereocenters. The lowest BCUT2D eigenvalue weighted by Gasteiger charge is -2.11. The Kier molecular flexibility index (Phi) is 10.3. The van der Waals surface area contributed by atoms with Crippen molar-refractivity contribution in [3.63, 3.8) is 0 Å². The van der Waals surface area contributed by atoms with Gasteiger partial charge in [-0.15, -0.1) is 24.0 Å². The third-order valence-electron chi connectivity index (χ3n) is 3.51. The number of aryl methyl sites for hydroxylation is 1. The second-order valence-corrected chi connectivity index (χ2v) is 5.68. The lowest BCUT2D eigenvalue weighted by atomic mass is 10.2. The predicted molar refractivity (Wildman–Crippen MR) is 117 cm³/mol. The van der Waals surface area contributed by atoms with Crippen LogP contribution in [0.15, 0.2) is 47.5 Å². The number of amides is 1. The van der Waals surface area contributed by atoms with E-state index in [2.05, 4.69) is 25.9 Å². The quantitative estimate of drug-likeness (QED) is 0.320. The summed E-state index contributed by atoms with van der Waals surface area (Å²) in [4.78, 5) is 20.6.